The highest BCUT2D eigenvalue weighted by Crippen LogP contribution is 2.20. The first-order valence-corrected chi connectivity index (χ1v) is 7.36. The van der Waals surface area contributed by atoms with Gasteiger partial charge in [-0.2, -0.15) is 0 Å². The molecule has 136 valence electrons. The average Bonchev–Trinajstić information content (AvgIpc) is 2.60. The van der Waals surface area contributed by atoms with Crippen molar-refractivity contribution in [2.24, 2.45) is 0 Å². The number of nitrogens with one attached hydrogen (secondary N) is 1. The summed E-state index contributed by atoms with van der Waals surface area (Å²) in [7, 11) is 0. The van der Waals surface area contributed by atoms with Crippen molar-refractivity contribution >= 4 is 23.6 Å². The SMILES string of the molecule is C[C@@H](OC(=O)/C=C/c1cccc(F)c1)C(=O)Nc1ccc(F)c(F)c1F. The second kappa shape index (κ2) is 8.28. The van der Waals surface area contributed by atoms with E-state index in [-0.39, 0.29) is 0 Å². The number of benzene rings is 2. The van der Waals surface area contributed by atoms with Crippen molar-refractivity contribution in [2.45, 2.75) is 13.0 Å². The number of amides is 1. The summed E-state index contributed by atoms with van der Waals surface area (Å²) in [4.78, 5) is 23.5. The molecule has 1 amide bonds. The van der Waals surface area contributed by atoms with Crippen LogP contribution in [0.4, 0.5) is 23.2 Å². The minimum atomic E-state index is -1.73. The molecule has 0 radical (unpaired) electrons. The van der Waals surface area contributed by atoms with Crippen LogP contribution in [-0.4, -0.2) is 18.0 Å². The predicted molar refractivity (Wildman–Crippen MR) is 85.9 cm³/mol. The third-order valence-electron chi connectivity index (χ3n) is 3.22. The van der Waals surface area contributed by atoms with Crippen molar-refractivity contribution < 1.29 is 31.9 Å². The normalized spacial score (nSPS) is 12.0. The summed E-state index contributed by atoms with van der Waals surface area (Å²) in [6.45, 7) is 1.21. The fraction of sp³-hybridized carbons (Fsp3) is 0.111. The Bertz CT molecular complexity index is 868. The van der Waals surface area contributed by atoms with Gasteiger partial charge in [0.05, 0.1) is 5.69 Å². The van der Waals surface area contributed by atoms with Crippen molar-refractivity contribution in [1.82, 2.24) is 0 Å². The molecule has 2 aromatic rings. The highest BCUT2D eigenvalue weighted by molar-refractivity contribution is 5.96. The van der Waals surface area contributed by atoms with E-state index in [1.807, 2.05) is 5.32 Å². The topological polar surface area (TPSA) is 55.4 Å². The van der Waals surface area contributed by atoms with Crippen LogP contribution >= 0.6 is 0 Å². The second-order valence-electron chi connectivity index (χ2n) is 5.18. The summed E-state index contributed by atoms with van der Waals surface area (Å²) in [6, 6.07) is 6.91. The summed E-state index contributed by atoms with van der Waals surface area (Å²) in [5.74, 6) is -7.03. The number of halogens is 4. The van der Waals surface area contributed by atoms with E-state index in [1.54, 1.807) is 6.07 Å². The van der Waals surface area contributed by atoms with Gasteiger partial charge >= 0.3 is 5.97 Å². The number of anilines is 1. The number of hydrogen-bond acceptors (Lipinski definition) is 3. The Labute approximate surface area is 146 Å². The molecule has 1 N–H and O–H groups in total. The Morgan fingerprint density at radius 3 is 2.50 bits per heavy atom. The third-order valence-corrected chi connectivity index (χ3v) is 3.22. The molecule has 0 aliphatic rings. The fourth-order valence-corrected chi connectivity index (χ4v) is 1.90. The lowest BCUT2D eigenvalue weighted by Crippen LogP contribution is -2.29. The summed E-state index contributed by atoms with van der Waals surface area (Å²) in [5.41, 5.74) is -0.185. The quantitative estimate of drug-likeness (QED) is 0.378. The lowest BCUT2D eigenvalue weighted by molar-refractivity contribution is -0.148. The molecule has 0 unspecified atom stereocenters. The molecule has 2 rings (SSSR count). The molecular weight excluding hydrogens is 354 g/mol. The number of carbonyl (C=O) groups is 2. The second-order valence-corrected chi connectivity index (χ2v) is 5.18. The molecule has 0 heterocycles. The smallest absolute Gasteiger partial charge is 0.331 e. The van der Waals surface area contributed by atoms with Gasteiger partial charge in [-0.1, -0.05) is 12.1 Å². The maximum atomic E-state index is 13.5. The van der Waals surface area contributed by atoms with Crippen molar-refractivity contribution in [2.75, 3.05) is 5.32 Å². The minimum Gasteiger partial charge on any atom is -0.449 e. The zero-order valence-electron chi connectivity index (χ0n) is 13.4. The van der Waals surface area contributed by atoms with E-state index in [9.17, 15) is 27.2 Å². The van der Waals surface area contributed by atoms with Gasteiger partial charge < -0.3 is 10.1 Å². The van der Waals surface area contributed by atoms with Crippen molar-refractivity contribution in [3.63, 3.8) is 0 Å². The van der Waals surface area contributed by atoms with Gasteiger partial charge in [0, 0.05) is 6.08 Å². The summed E-state index contributed by atoms with van der Waals surface area (Å²) in [5, 5.41) is 1.99. The Hall–Kier alpha value is -3.16. The van der Waals surface area contributed by atoms with Crippen LogP contribution in [0.3, 0.4) is 0 Å². The Morgan fingerprint density at radius 2 is 1.81 bits per heavy atom. The fourth-order valence-electron chi connectivity index (χ4n) is 1.90. The van der Waals surface area contributed by atoms with Gasteiger partial charge in [0.15, 0.2) is 23.6 Å². The van der Waals surface area contributed by atoms with Crippen LogP contribution in [0.15, 0.2) is 42.5 Å². The van der Waals surface area contributed by atoms with Crippen LogP contribution in [0, 0.1) is 23.3 Å². The standard InChI is InChI=1S/C18H13F4NO3/c1-10(18(25)23-14-7-6-13(20)16(21)17(14)22)26-15(24)8-5-11-3-2-4-12(19)9-11/h2-10H,1H3,(H,23,25)/b8-5+/t10-/m1/s1. The lowest BCUT2D eigenvalue weighted by atomic mass is 10.2. The van der Waals surface area contributed by atoms with Gasteiger partial charge in [-0.25, -0.2) is 22.4 Å². The molecule has 0 aliphatic heterocycles. The van der Waals surface area contributed by atoms with Crippen molar-refractivity contribution in [3.8, 4) is 0 Å². The lowest BCUT2D eigenvalue weighted by Gasteiger charge is -2.13. The van der Waals surface area contributed by atoms with E-state index >= 15 is 0 Å². The zero-order chi connectivity index (χ0) is 19.3. The van der Waals surface area contributed by atoms with Crippen molar-refractivity contribution in [3.05, 3.63) is 71.3 Å². The Morgan fingerprint density at radius 1 is 1.08 bits per heavy atom. The molecule has 0 aromatic heterocycles. The molecule has 2 aromatic carbocycles. The van der Waals surface area contributed by atoms with Crippen LogP contribution in [0.1, 0.15) is 12.5 Å². The first-order chi connectivity index (χ1) is 12.3. The number of carbonyl (C=O) groups excluding carboxylic acids is 2. The molecule has 0 saturated heterocycles. The van der Waals surface area contributed by atoms with Crippen LogP contribution in [0.5, 0.6) is 0 Å². The van der Waals surface area contributed by atoms with E-state index in [0.717, 1.165) is 12.1 Å². The van der Waals surface area contributed by atoms with Gasteiger partial charge in [-0.3, -0.25) is 4.79 Å². The number of esters is 1. The average molecular weight is 367 g/mol. The number of hydrogen-bond donors (Lipinski definition) is 1. The summed E-state index contributed by atoms with van der Waals surface area (Å²) < 4.78 is 57.3. The highest BCUT2D eigenvalue weighted by atomic mass is 19.2. The predicted octanol–water partition coefficient (Wildman–Crippen LogP) is 3.83. The van der Waals surface area contributed by atoms with Crippen LogP contribution in [0.2, 0.25) is 0 Å². The Kier molecular flexibility index (Phi) is 6.11. The largest absolute Gasteiger partial charge is 0.449 e. The zero-order valence-corrected chi connectivity index (χ0v) is 13.4. The first-order valence-electron chi connectivity index (χ1n) is 7.36. The summed E-state index contributed by atoms with van der Waals surface area (Å²) >= 11 is 0. The van der Waals surface area contributed by atoms with Gasteiger partial charge in [0.1, 0.15) is 5.82 Å². The van der Waals surface area contributed by atoms with Gasteiger partial charge in [0.2, 0.25) is 0 Å². The van der Waals surface area contributed by atoms with Crippen LogP contribution in [-0.2, 0) is 14.3 Å². The van der Waals surface area contributed by atoms with Gasteiger partial charge in [-0.15, -0.1) is 0 Å². The van der Waals surface area contributed by atoms with E-state index in [4.69, 9.17) is 4.74 Å². The molecule has 0 saturated carbocycles. The number of rotatable bonds is 5. The Balaban J connectivity index is 1.96. The molecular formula is C18H13F4NO3. The molecule has 1 atom stereocenters. The van der Waals surface area contributed by atoms with E-state index in [0.29, 0.717) is 11.6 Å². The van der Waals surface area contributed by atoms with Crippen molar-refractivity contribution in [1.29, 1.82) is 0 Å². The van der Waals surface area contributed by atoms with Crippen LogP contribution in [0.25, 0.3) is 6.08 Å². The molecule has 26 heavy (non-hydrogen) atoms. The van der Waals surface area contributed by atoms with Crippen LogP contribution < -0.4 is 5.32 Å². The van der Waals surface area contributed by atoms with E-state index in [1.165, 1.54) is 31.2 Å². The first kappa shape index (κ1) is 19.2. The summed E-state index contributed by atoms with van der Waals surface area (Å²) in [6.07, 6.45) is 0.925. The maximum Gasteiger partial charge on any atom is 0.331 e. The minimum absolute atomic E-state index is 0.405. The van der Waals surface area contributed by atoms with E-state index in [2.05, 4.69) is 0 Å². The highest BCUT2D eigenvalue weighted by Gasteiger charge is 2.20. The van der Waals surface area contributed by atoms with Gasteiger partial charge in [0.25, 0.3) is 5.91 Å². The molecule has 8 heteroatoms. The monoisotopic (exact) mass is 367 g/mol. The molecule has 0 aliphatic carbocycles. The molecule has 4 nitrogen and oxygen atoms in total. The molecule has 0 spiro atoms. The van der Waals surface area contributed by atoms with Gasteiger partial charge in [-0.05, 0) is 42.8 Å². The number of ether oxygens (including phenoxy) is 1. The molecule has 0 bridgehead atoms. The molecule has 0 fully saturated rings. The maximum absolute atomic E-state index is 13.5. The third kappa shape index (κ3) is 4.92. The van der Waals surface area contributed by atoms with E-state index < -0.39 is 46.9 Å².